The summed E-state index contributed by atoms with van der Waals surface area (Å²) in [5, 5.41) is 9.79. The first-order valence-electron chi connectivity index (χ1n) is 11.6. The molecule has 0 saturated heterocycles. The first kappa shape index (κ1) is 25.0. The number of nitrogens with zero attached hydrogens (tertiary/aromatic N) is 3. The Balaban J connectivity index is 1.43. The normalized spacial score (nSPS) is 13.4. The minimum atomic E-state index is -1.23. The number of carbonyl (C=O) groups is 3. The maximum atomic E-state index is 12.9. The van der Waals surface area contributed by atoms with Gasteiger partial charge in [-0.15, -0.1) is 0 Å². The second-order valence-corrected chi connectivity index (χ2v) is 9.73. The molecule has 36 heavy (non-hydrogen) atoms. The molecule has 0 fully saturated rings. The van der Waals surface area contributed by atoms with Crippen molar-refractivity contribution in [2.45, 2.75) is 44.8 Å². The van der Waals surface area contributed by atoms with Crippen molar-refractivity contribution < 1.29 is 29.0 Å². The molecule has 9 heteroatoms. The summed E-state index contributed by atoms with van der Waals surface area (Å²) in [5.74, 6) is -1.35. The van der Waals surface area contributed by atoms with E-state index in [9.17, 15) is 19.5 Å². The Kier molecular flexibility index (Phi) is 6.83. The minimum absolute atomic E-state index is 0.0802. The number of hydrogen-bond donors (Lipinski definition) is 1. The van der Waals surface area contributed by atoms with Crippen LogP contribution >= 0.6 is 0 Å². The van der Waals surface area contributed by atoms with Gasteiger partial charge < -0.3 is 14.6 Å². The molecule has 1 aliphatic rings. The molecule has 1 amide bonds. The number of carboxylic acids is 1. The van der Waals surface area contributed by atoms with Gasteiger partial charge in [0.2, 0.25) is 0 Å². The van der Waals surface area contributed by atoms with Crippen LogP contribution in [0.3, 0.4) is 0 Å². The fraction of sp³-hybridized carbons (Fsp3) is 0.333. The van der Waals surface area contributed by atoms with Gasteiger partial charge in [0.05, 0.1) is 5.69 Å². The Bertz CT molecular complexity index is 1250. The summed E-state index contributed by atoms with van der Waals surface area (Å²) in [6, 6.07) is 14.7. The van der Waals surface area contributed by atoms with E-state index >= 15 is 0 Å². The summed E-state index contributed by atoms with van der Waals surface area (Å²) in [5.41, 5.74) is 3.98. The Morgan fingerprint density at radius 3 is 2.19 bits per heavy atom. The van der Waals surface area contributed by atoms with Gasteiger partial charge >= 0.3 is 18.2 Å². The molecule has 0 radical (unpaired) electrons. The van der Waals surface area contributed by atoms with E-state index in [0.717, 1.165) is 31.7 Å². The third kappa shape index (κ3) is 5.25. The average molecular weight is 492 g/mol. The SMILES string of the molecule is CN(C(=O)OCC1c2ccccc2-c2ccccc21)[C@H](Cc1cn(C(=O)OC(C)(C)C)cn1)C(=O)O. The molecule has 4 rings (SSSR count). The minimum Gasteiger partial charge on any atom is -0.480 e. The van der Waals surface area contributed by atoms with Crippen molar-refractivity contribution in [3.05, 3.63) is 77.9 Å². The Morgan fingerprint density at radius 1 is 1.06 bits per heavy atom. The van der Waals surface area contributed by atoms with E-state index in [4.69, 9.17) is 9.47 Å². The molecule has 0 bridgehead atoms. The number of amides is 1. The third-order valence-corrected chi connectivity index (χ3v) is 6.02. The summed E-state index contributed by atoms with van der Waals surface area (Å²) >= 11 is 0. The maximum absolute atomic E-state index is 12.9. The van der Waals surface area contributed by atoms with E-state index in [1.807, 2.05) is 48.5 Å². The molecule has 0 unspecified atom stereocenters. The molecule has 1 aromatic heterocycles. The molecule has 0 spiro atoms. The van der Waals surface area contributed by atoms with E-state index in [-0.39, 0.29) is 18.9 Å². The predicted molar refractivity (Wildman–Crippen MR) is 132 cm³/mol. The van der Waals surface area contributed by atoms with E-state index in [1.165, 1.54) is 19.6 Å². The molecule has 1 aliphatic carbocycles. The van der Waals surface area contributed by atoms with E-state index in [2.05, 4.69) is 4.98 Å². The monoisotopic (exact) mass is 491 g/mol. The number of aromatic nitrogens is 2. The number of ether oxygens (including phenoxy) is 2. The van der Waals surface area contributed by atoms with Gasteiger partial charge in [-0.05, 0) is 43.0 Å². The summed E-state index contributed by atoms with van der Waals surface area (Å²) in [7, 11) is 1.38. The molecular formula is C27H29N3O6. The van der Waals surface area contributed by atoms with Gasteiger partial charge in [-0.1, -0.05) is 48.5 Å². The van der Waals surface area contributed by atoms with Crippen molar-refractivity contribution in [2.75, 3.05) is 13.7 Å². The van der Waals surface area contributed by atoms with Crippen LogP contribution in [-0.4, -0.2) is 63.0 Å². The van der Waals surface area contributed by atoms with Crippen LogP contribution in [-0.2, 0) is 20.7 Å². The second kappa shape index (κ2) is 9.85. The third-order valence-electron chi connectivity index (χ3n) is 6.02. The van der Waals surface area contributed by atoms with Crippen molar-refractivity contribution in [2.24, 2.45) is 0 Å². The Morgan fingerprint density at radius 2 is 1.64 bits per heavy atom. The van der Waals surface area contributed by atoms with Crippen LogP contribution in [0.4, 0.5) is 9.59 Å². The van der Waals surface area contributed by atoms with Crippen molar-refractivity contribution in [3.63, 3.8) is 0 Å². The van der Waals surface area contributed by atoms with Crippen molar-refractivity contribution in [1.29, 1.82) is 0 Å². The first-order chi connectivity index (χ1) is 17.0. The Labute approximate surface area is 209 Å². The highest BCUT2D eigenvalue weighted by atomic mass is 16.6. The molecule has 0 aliphatic heterocycles. The number of hydrogen-bond acceptors (Lipinski definition) is 6. The summed E-state index contributed by atoms with van der Waals surface area (Å²) < 4.78 is 12.0. The number of aliphatic carboxylic acids is 1. The number of rotatable bonds is 6. The van der Waals surface area contributed by atoms with E-state index < -0.39 is 29.8 Å². The zero-order chi connectivity index (χ0) is 26.0. The van der Waals surface area contributed by atoms with Gasteiger partial charge in [-0.3, -0.25) is 4.90 Å². The number of fused-ring (bicyclic) bond motifs is 3. The molecular weight excluding hydrogens is 462 g/mol. The molecule has 1 heterocycles. The molecule has 3 aromatic rings. The highest BCUT2D eigenvalue weighted by Gasteiger charge is 2.32. The van der Waals surface area contributed by atoms with Gasteiger partial charge in [0.25, 0.3) is 0 Å². The topological polar surface area (TPSA) is 111 Å². The van der Waals surface area contributed by atoms with Crippen LogP contribution in [0.2, 0.25) is 0 Å². The highest BCUT2D eigenvalue weighted by molar-refractivity contribution is 5.81. The lowest BCUT2D eigenvalue weighted by Gasteiger charge is -2.24. The highest BCUT2D eigenvalue weighted by Crippen LogP contribution is 2.44. The lowest BCUT2D eigenvalue weighted by atomic mass is 9.98. The van der Waals surface area contributed by atoms with Gasteiger partial charge in [0.1, 0.15) is 24.6 Å². The van der Waals surface area contributed by atoms with Gasteiger partial charge in [-0.2, -0.15) is 0 Å². The smallest absolute Gasteiger partial charge is 0.419 e. The van der Waals surface area contributed by atoms with Crippen molar-refractivity contribution >= 4 is 18.2 Å². The van der Waals surface area contributed by atoms with Crippen molar-refractivity contribution in [1.82, 2.24) is 14.5 Å². The standard InChI is InChI=1S/C27H29N3O6/c1-27(2,3)36-26(34)30-14-17(28-16-30)13-23(24(31)32)29(4)25(33)35-15-22-20-11-7-5-9-18(20)19-10-6-8-12-21(19)22/h5-12,14,16,22-23H,13,15H2,1-4H3,(H,31,32)/t23-/m1/s1. The van der Waals surface area contributed by atoms with Crippen LogP contribution in [0.15, 0.2) is 61.1 Å². The summed E-state index contributed by atoms with van der Waals surface area (Å²) in [6.45, 7) is 5.31. The first-order valence-corrected chi connectivity index (χ1v) is 11.6. The second-order valence-electron chi connectivity index (χ2n) is 9.73. The van der Waals surface area contributed by atoms with Crippen LogP contribution in [0.5, 0.6) is 0 Å². The van der Waals surface area contributed by atoms with Crippen LogP contribution < -0.4 is 0 Å². The molecule has 188 valence electrons. The molecule has 1 atom stereocenters. The molecule has 1 N–H and O–H groups in total. The number of imidazole rings is 1. The van der Waals surface area contributed by atoms with E-state index in [0.29, 0.717) is 5.69 Å². The summed E-state index contributed by atoms with van der Waals surface area (Å²) in [4.78, 5) is 42.2. The zero-order valence-electron chi connectivity index (χ0n) is 20.7. The quantitative estimate of drug-likeness (QED) is 0.539. The number of benzene rings is 2. The predicted octanol–water partition coefficient (Wildman–Crippen LogP) is 4.54. The fourth-order valence-corrected chi connectivity index (χ4v) is 4.29. The number of carbonyl (C=O) groups excluding carboxylic acids is 2. The molecule has 0 saturated carbocycles. The lowest BCUT2D eigenvalue weighted by Crippen LogP contribution is -2.44. The number of carboxylic acid groups (broad SMARTS) is 1. The lowest BCUT2D eigenvalue weighted by molar-refractivity contribution is -0.142. The number of likely N-dealkylation sites (N-methyl/N-ethyl adjacent to an activating group) is 1. The molecule has 9 nitrogen and oxygen atoms in total. The van der Waals surface area contributed by atoms with Crippen LogP contribution in [0.25, 0.3) is 11.1 Å². The maximum Gasteiger partial charge on any atom is 0.419 e. The van der Waals surface area contributed by atoms with Gasteiger partial charge in [0, 0.05) is 25.6 Å². The average Bonchev–Trinajstić information content (AvgIpc) is 3.42. The van der Waals surface area contributed by atoms with Gasteiger partial charge in [0.15, 0.2) is 0 Å². The molecule has 2 aromatic carbocycles. The van der Waals surface area contributed by atoms with Crippen LogP contribution in [0.1, 0.15) is 43.5 Å². The zero-order valence-corrected chi connectivity index (χ0v) is 20.7. The van der Waals surface area contributed by atoms with Gasteiger partial charge in [-0.25, -0.2) is 23.9 Å². The van der Waals surface area contributed by atoms with Crippen LogP contribution in [0, 0.1) is 0 Å². The van der Waals surface area contributed by atoms with Crippen molar-refractivity contribution in [3.8, 4) is 11.1 Å². The van der Waals surface area contributed by atoms with E-state index in [1.54, 1.807) is 20.8 Å². The Hall–Kier alpha value is -4.14. The fourth-order valence-electron chi connectivity index (χ4n) is 4.29. The summed E-state index contributed by atoms with van der Waals surface area (Å²) in [6.07, 6.45) is 1.17. The largest absolute Gasteiger partial charge is 0.480 e.